The molecule has 24 heavy (non-hydrogen) atoms. The lowest BCUT2D eigenvalue weighted by Gasteiger charge is -2.33. The summed E-state index contributed by atoms with van der Waals surface area (Å²) in [5, 5.41) is 7.35. The van der Waals surface area contributed by atoms with Crippen molar-refractivity contribution in [1.29, 1.82) is 0 Å². The molecule has 5 heteroatoms. The number of hydrogen-bond acceptors (Lipinski definition) is 5. The minimum Gasteiger partial charge on any atom is -0.497 e. The van der Waals surface area contributed by atoms with Crippen LogP contribution in [0.3, 0.4) is 0 Å². The molecule has 0 aromatic heterocycles. The van der Waals surface area contributed by atoms with E-state index in [-0.39, 0.29) is 6.10 Å². The zero-order valence-corrected chi connectivity index (χ0v) is 14.8. The SMILES string of the molecule is COc1ccc(OC(C)CNC2CCCC2C2COCCN2)cc1. The van der Waals surface area contributed by atoms with Gasteiger partial charge in [-0.25, -0.2) is 0 Å². The van der Waals surface area contributed by atoms with Crippen molar-refractivity contribution in [3.63, 3.8) is 0 Å². The van der Waals surface area contributed by atoms with E-state index < -0.39 is 0 Å². The molecule has 2 fully saturated rings. The molecule has 0 amide bonds. The Hall–Kier alpha value is -1.30. The van der Waals surface area contributed by atoms with Crippen LogP contribution in [0.1, 0.15) is 26.2 Å². The van der Waals surface area contributed by atoms with E-state index in [2.05, 4.69) is 17.6 Å². The first kappa shape index (κ1) is 17.5. The maximum absolute atomic E-state index is 6.00. The van der Waals surface area contributed by atoms with Crippen molar-refractivity contribution < 1.29 is 14.2 Å². The van der Waals surface area contributed by atoms with E-state index >= 15 is 0 Å². The average molecular weight is 334 g/mol. The van der Waals surface area contributed by atoms with Gasteiger partial charge in [-0.2, -0.15) is 0 Å². The van der Waals surface area contributed by atoms with E-state index in [1.54, 1.807) is 7.11 Å². The van der Waals surface area contributed by atoms with Crippen LogP contribution in [0.25, 0.3) is 0 Å². The van der Waals surface area contributed by atoms with Gasteiger partial charge in [0.25, 0.3) is 0 Å². The van der Waals surface area contributed by atoms with Gasteiger partial charge < -0.3 is 24.8 Å². The molecular weight excluding hydrogens is 304 g/mol. The molecule has 1 aliphatic heterocycles. The number of hydrogen-bond donors (Lipinski definition) is 2. The molecular formula is C19H30N2O3. The highest BCUT2D eigenvalue weighted by atomic mass is 16.5. The summed E-state index contributed by atoms with van der Waals surface area (Å²) >= 11 is 0. The number of benzene rings is 1. The van der Waals surface area contributed by atoms with Crippen molar-refractivity contribution in [2.24, 2.45) is 5.92 Å². The molecule has 1 saturated heterocycles. The largest absolute Gasteiger partial charge is 0.497 e. The topological polar surface area (TPSA) is 51.8 Å². The summed E-state index contributed by atoms with van der Waals surface area (Å²) in [7, 11) is 1.67. The first-order chi connectivity index (χ1) is 11.8. The highest BCUT2D eigenvalue weighted by Gasteiger charge is 2.34. The zero-order chi connectivity index (χ0) is 16.8. The molecule has 2 N–H and O–H groups in total. The Morgan fingerprint density at radius 2 is 2.04 bits per heavy atom. The van der Waals surface area contributed by atoms with Crippen molar-refractivity contribution >= 4 is 0 Å². The summed E-state index contributed by atoms with van der Waals surface area (Å²) in [6.07, 6.45) is 3.97. The quantitative estimate of drug-likeness (QED) is 0.801. The van der Waals surface area contributed by atoms with E-state index in [1.165, 1.54) is 19.3 Å². The zero-order valence-electron chi connectivity index (χ0n) is 14.8. The van der Waals surface area contributed by atoms with Gasteiger partial charge in [-0.3, -0.25) is 0 Å². The smallest absolute Gasteiger partial charge is 0.120 e. The fourth-order valence-corrected chi connectivity index (χ4v) is 3.83. The van der Waals surface area contributed by atoms with E-state index in [0.717, 1.165) is 37.8 Å². The molecule has 1 aliphatic carbocycles. The van der Waals surface area contributed by atoms with Crippen molar-refractivity contribution in [3.8, 4) is 11.5 Å². The number of rotatable bonds is 7. The second-order valence-electron chi connectivity index (χ2n) is 6.85. The molecule has 4 atom stereocenters. The Morgan fingerprint density at radius 1 is 1.25 bits per heavy atom. The van der Waals surface area contributed by atoms with Gasteiger partial charge in [-0.1, -0.05) is 6.42 Å². The summed E-state index contributed by atoms with van der Waals surface area (Å²) in [6, 6.07) is 8.82. The second-order valence-corrected chi connectivity index (χ2v) is 6.85. The molecule has 134 valence electrons. The fourth-order valence-electron chi connectivity index (χ4n) is 3.83. The Bertz CT molecular complexity index is 488. The lowest BCUT2D eigenvalue weighted by atomic mass is 9.94. The van der Waals surface area contributed by atoms with Crippen LogP contribution >= 0.6 is 0 Å². The van der Waals surface area contributed by atoms with Crippen LogP contribution in [0.15, 0.2) is 24.3 Å². The third kappa shape index (κ3) is 4.62. The molecule has 1 saturated carbocycles. The number of nitrogens with one attached hydrogen (secondary N) is 2. The summed E-state index contributed by atoms with van der Waals surface area (Å²) in [5.74, 6) is 2.40. The van der Waals surface area contributed by atoms with Crippen LogP contribution < -0.4 is 20.1 Å². The van der Waals surface area contributed by atoms with Crippen LogP contribution in [-0.4, -0.2) is 51.6 Å². The Balaban J connectivity index is 1.45. The number of morpholine rings is 1. The Kier molecular flexibility index (Phi) is 6.35. The lowest BCUT2D eigenvalue weighted by molar-refractivity contribution is 0.0518. The number of ether oxygens (including phenoxy) is 3. The standard InChI is InChI=1S/C19H30N2O3/c1-14(24-16-8-6-15(22-2)7-9-16)12-21-18-5-3-4-17(18)19-13-23-11-10-20-19/h6-9,14,17-21H,3-5,10-13H2,1-2H3. The van der Waals surface area contributed by atoms with Crippen molar-refractivity contribution in [2.75, 3.05) is 33.4 Å². The maximum atomic E-state index is 6.00. The predicted octanol–water partition coefficient (Wildman–Crippen LogP) is 2.21. The van der Waals surface area contributed by atoms with Gasteiger partial charge in [0.15, 0.2) is 0 Å². The highest BCUT2D eigenvalue weighted by Crippen LogP contribution is 2.29. The first-order valence-corrected chi connectivity index (χ1v) is 9.11. The minimum atomic E-state index is 0.134. The van der Waals surface area contributed by atoms with E-state index in [1.807, 2.05) is 24.3 Å². The fraction of sp³-hybridized carbons (Fsp3) is 0.684. The Labute approximate surface area is 145 Å². The number of methoxy groups -OCH3 is 1. The van der Waals surface area contributed by atoms with Crippen molar-refractivity contribution in [2.45, 2.75) is 44.4 Å². The molecule has 1 aromatic carbocycles. The highest BCUT2D eigenvalue weighted by molar-refractivity contribution is 5.31. The summed E-state index contributed by atoms with van der Waals surface area (Å²) in [5.41, 5.74) is 0. The van der Waals surface area contributed by atoms with Gasteiger partial charge in [0.2, 0.25) is 0 Å². The van der Waals surface area contributed by atoms with Gasteiger partial charge in [0.1, 0.15) is 17.6 Å². The molecule has 0 bridgehead atoms. The molecule has 5 nitrogen and oxygen atoms in total. The monoisotopic (exact) mass is 334 g/mol. The summed E-state index contributed by atoms with van der Waals surface area (Å²) in [4.78, 5) is 0. The third-order valence-electron chi connectivity index (χ3n) is 5.10. The van der Waals surface area contributed by atoms with Crippen molar-refractivity contribution in [1.82, 2.24) is 10.6 Å². The average Bonchev–Trinajstić information content (AvgIpc) is 3.10. The predicted molar refractivity (Wildman–Crippen MR) is 94.8 cm³/mol. The van der Waals surface area contributed by atoms with Crippen LogP contribution in [0.2, 0.25) is 0 Å². The lowest BCUT2D eigenvalue weighted by Crippen LogP contribution is -2.51. The van der Waals surface area contributed by atoms with Crippen molar-refractivity contribution in [3.05, 3.63) is 24.3 Å². The van der Waals surface area contributed by atoms with Gasteiger partial charge in [0, 0.05) is 25.2 Å². The maximum Gasteiger partial charge on any atom is 0.120 e. The van der Waals surface area contributed by atoms with Crippen LogP contribution in [0, 0.1) is 5.92 Å². The third-order valence-corrected chi connectivity index (χ3v) is 5.10. The molecule has 2 aliphatic rings. The van der Waals surface area contributed by atoms with Crippen LogP contribution in [-0.2, 0) is 4.74 Å². The van der Waals surface area contributed by atoms with E-state index in [0.29, 0.717) is 18.0 Å². The minimum absolute atomic E-state index is 0.134. The van der Waals surface area contributed by atoms with Gasteiger partial charge in [-0.15, -0.1) is 0 Å². The molecule has 1 heterocycles. The normalized spacial score (nSPS) is 28.5. The molecule has 4 unspecified atom stereocenters. The molecule has 0 spiro atoms. The van der Waals surface area contributed by atoms with Gasteiger partial charge >= 0.3 is 0 Å². The van der Waals surface area contributed by atoms with Gasteiger partial charge in [0.05, 0.1) is 20.3 Å². The van der Waals surface area contributed by atoms with Gasteiger partial charge in [-0.05, 0) is 49.9 Å². The van der Waals surface area contributed by atoms with Crippen LogP contribution in [0.5, 0.6) is 11.5 Å². The molecule has 1 aromatic rings. The first-order valence-electron chi connectivity index (χ1n) is 9.11. The second kappa shape index (κ2) is 8.70. The summed E-state index contributed by atoms with van der Waals surface area (Å²) < 4.78 is 16.8. The molecule has 0 radical (unpaired) electrons. The Morgan fingerprint density at radius 3 is 2.75 bits per heavy atom. The van der Waals surface area contributed by atoms with E-state index in [9.17, 15) is 0 Å². The summed E-state index contributed by atoms with van der Waals surface area (Å²) in [6.45, 7) is 5.64. The molecule has 3 rings (SSSR count). The van der Waals surface area contributed by atoms with Crippen LogP contribution in [0.4, 0.5) is 0 Å². The van der Waals surface area contributed by atoms with E-state index in [4.69, 9.17) is 14.2 Å².